The number of amides is 1. The van der Waals surface area contributed by atoms with Crippen LogP contribution in [0.1, 0.15) is 31.7 Å². The quantitative estimate of drug-likeness (QED) is 0.764. The molecule has 2 rings (SSSR count). The number of anilines is 1. The summed E-state index contributed by atoms with van der Waals surface area (Å²) in [7, 11) is 0. The fourth-order valence-corrected chi connectivity index (χ4v) is 2.00. The number of carbonyl (C=O) groups excluding carboxylic acids is 1. The largest absolute Gasteiger partial charge is 0.399 e. The van der Waals surface area contributed by atoms with Crippen LogP contribution in [-0.2, 0) is 11.2 Å². The number of rotatable bonds is 5. The van der Waals surface area contributed by atoms with E-state index in [1.54, 1.807) is 0 Å². The molecule has 0 spiro atoms. The lowest BCUT2D eigenvalue weighted by Crippen LogP contribution is -2.31. The number of hydrogen-bond acceptors (Lipinski definition) is 2. The van der Waals surface area contributed by atoms with Gasteiger partial charge in [-0.05, 0) is 42.4 Å². The Labute approximate surface area is 102 Å². The van der Waals surface area contributed by atoms with E-state index in [0.29, 0.717) is 11.8 Å². The zero-order valence-electron chi connectivity index (χ0n) is 10.3. The molecule has 0 atom stereocenters. The Morgan fingerprint density at radius 1 is 1.35 bits per heavy atom. The predicted molar refractivity (Wildman–Crippen MR) is 69.5 cm³/mol. The molecule has 3 heteroatoms. The van der Waals surface area contributed by atoms with Gasteiger partial charge in [0.25, 0.3) is 0 Å². The second-order valence-corrected chi connectivity index (χ2v) is 5.05. The normalized spacial score (nSPS) is 16.5. The van der Waals surface area contributed by atoms with Gasteiger partial charge in [-0.25, -0.2) is 0 Å². The fourth-order valence-electron chi connectivity index (χ4n) is 2.00. The van der Waals surface area contributed by atoms with Crippen molar-refractivity contribution in [2.75, 3.05) is 12.3 Å². The number of carbonyl (C=O) groups is 1. The van der Waals surface area contributed by atoms with Crippen molar-refractivity contribution in [3.63, 3.8) is 0 Å². The molecule has 3 nitrogen and oxygen atoms in total. The molecule has 0 aliphatic heterocycles. The van der Waals surface area contributed by atoms with Crippen LogP contribution in [0.3, 0.4) is 0 Å². The van der Waals surface area contributed by atoms with Crippen LogP contribution in [0.2, 0.25) is 0 Å². The Morgan fingerprint density at radius 3 is 2.53 bits per heavy atom. The molecule has 3 N–H and O–H groups in total. The summed E-state index contributed by atoms with van der Waals surface area (Å²) in [6.45, 7) is 3.02. The van der Waals surface area contributed by atoms with Gasteiger partial charge in [-0.2, -0.15) is 0 Å². The highest BCUT2D eigenvalue weighted by Gasteiger charge is 2.40. The Balaban J connectivity index is 1.79. The SMILES string of the molecule is CCC1(CNC(=O)Cc2ccc(N)cc2)CC1. The highest BCUT2D eigenvalue weighted by Crippen LogP contribution is 2.47. The number of nitrogens with one attached hydrogen (secondary N) is 1. The molecule has 0 radical (unpaired) electrons. The van der Waals surface area contributed by atoms with Crippen LogP contribution in [-0.4, -0.2) is 12.5 Å². The Hall–Kier alpha value is -1.51. The maximum atomic E-state index is 11.7. The predicted octanol–water partition coefficient (Wildman–Crippen LogP) is 2.12. The van der Waals surface area contributed by atoms with Crippen molar-refractivity contribution < 1.29 is 4.79 Å². The smallest absolute Gasteiger partial charge is 0.224 e. The highest BCUT2D eigenvalue weighted by molar-refractivity contribution is 5.78. The maximum Gasteiger partial charge on any atom is 0.224 e. The third-order valence-corrected chi connectivity index (χ3v) is 3.71. The van der Waals surface area contributed by atoms with E-state index in [0.717, 1.165) is 24.2 Å². The van der Waals surface area contributed by atoms with Crippen LogP contribution in [0.4, 0.5) is 5.69 Å². The van der Waals surface area contributed by atoms with Crippen molar-refractivity contribution in [1.82, 2.24) is 5.32 Å². The van der Waals surface area contributed by atoms with E-state index in [-0.39, 0.29) is 5.91 Å². The molecule has 92 valence electrons. The second-order valence-electron chi connectivity index (χ2n) is 5.05. The molecule has 1 fully saturated rings. The van der Waals surface area contributed by atoms with Crippen molar-refractivity contribution in [1.29, 1.82) is 0 Å². The van der Waals surface area contributed by atoms with E-state index in [1.807, 2.05) is 24.3 Å². The molecule has 0 bridgehead atoms. The molecular formula is C14H20N2O. The summed E-state index contributed by atoms with van der Waals surface area (Å²) in [5, 5.41) is 3.03. The van der Waals surface area contributed by atoms with Crippen LogP contribution in [0.5, 0.6) is 0 Å². The molecular weight excluding hydrogens is 212 g/mol. The van der Waals surface area contributed by atoms with Gasteiger partial charge in [-0.1, -0.05) is 19.1 Å². The fraction of sp³-hybridized carbons (Fsp3) is 0.500. The van der Waals surface area contributed by atoms with Crippen LogP contribution < -0.4 is 11.1 Å². The van der Waals surface area contributed by atoms with Gasteiger partial charge in [0.05, 0.1) is 6.42 Å². The third-order valence-electron chi connectivity index (χ3n) is 3.71. The Kier molecular flexibility index (Phi) is 3.36. The first-order valence-electron chi connectivity index (χ1n) is 6.25. The molecule has 1 aliphatic rings. The van der Waals surface area contributed by atoms with Gasteiger partial charge in [-0.3, -0.25) is 4.79 Å². The highest BCUT2D eigenvalue weighted by atomic mass is 16.1. The van der Waals surface area contributed by atoms with E-state index >= 15 is 0 Å². The molecule has 0 aromatic heterocycles. The van der Waals surface area contributed by atoms with Gasteiger partial charge >= 0.3 is 0 Å². The summed E-state index contributed by atoms with van der Waals surface area (Å²) in [5.74, 6) is 0.106. The Morgan fingerprint density at radius 2 is 2.00 bits per heavy atom. The van der Waals surface area contributed by atoms with Crippen LogP contribution in [0.25, 0.3) is 0 Å². The minimum absolute atomic E-state index is 0.106. The van der Waals surface area contributed by atoms with Crippen molar-refractivity contribution >= 4 is 11.6 Å². The van der Waals surface area contributed by atoms with E-state index in [4.69, 9.17) is 5.73 Å². The van der Waals surface area contributed by atoms with Crippen molar-refractivity contribution in [2.24, 2.45) is 5.41 Å². The molecule has 1 aromatic carbocycles. The number of nitrogen functional groups attached to an aromatic ring is 1. The molecule has 0 saturated heterocycles. The Bertz CT molecular complexity index is 393. The lowest BCUT2D eigenvalue weighted by atomic mass is 10.0. The van der Waals surface area contributed by atoms with E-state index in [2.05, 4.69) is 12.2 Å². The van der Waals surface area contributed by atoms with Crippen molar-refractivity contribution in [3.8, 4) is 0 Å². The average molecular weight is 232 g/mol. The summed E-state index contributed by atoms with van der Waals surface area (Å²) >= 11 is 0. The zero-order chi connectivity index (χ0) is 12.3. The van der Waals surface area contributed by atoms with Crippen molar-refractivity contribution in [3.05, 3.63) is 29.8 Å². The third kappa shape index (κ3) is 3.22. The van der Waals surface area contributed by atoms with Gasteiger partial charge in [-0.15, -0.1) is 0 Å². The van der Waals surface area contributed by atoms with Gasteiger partial charge in [0.1, 0.15) is 0 Å². The first-order chi connectivity index (χ1) is 8.13. The first-order valence-corrected chi connectivity index (χ1v) is 6.25. The van der Waals surface area contributed by atoms with E-state index < -0.39 is 0 Å². The van der Waals surface area contributed by atoms with Gasteiger partial charge < -0.3 is 11.1 Å². The number of nitrogens with two attached hydrogens (primary N) is 1. The topological polar surface area (TPSA) is 55.1 Å². The molecule has 1 saturated carbocycles. The minimum Gasteiger partial charge on any atom is -0.399 e. The molecule has 1 amide bonds. The minimum atomic E-state index is 0.106. The number of hydrogen-bond donors (Lipinski definition) is 2. The average Bonchev–Trinajstić information content (AvgIpc) is 3.10. The molecule has 1 aromatic rings. The lowest BCUT2D eigenvalue weighted by molar-refractivity contribution is -0.120. The second kappa shape index (κ2) is 4.78. The van der Waals surface area contributed by atoms with E-state index in [1.165, 1.54) is 12.8 Å². The summed E-state index contributed by atoms with van der Waals surface area (Å²) < 4.78 is 0. The number of benzene rings is 1. The first kappa shape index (κ1) is 12.0. The monoisotopic (exact) mass is 232 g/mol. The van der Waals surface area contributed by atoms with E-state index in [9.17, 15) is 4.79 Å². The standard InChI is InChI=1S/C14H20N2O/c1-2-14(7-8-14)10-16-13(17)9-11-3-5-12(15)6-4-11/h3-6H,2,7-10,15H2,1H3,(H,16,17). The van der Waals surface area contributed by atoms with Crippen LogP contribution in [0, 0.1) is 5.41 Å². The zero-order valence-corrected chi connectivity index (χ0v) is 10.3. The molecule has 1 aliphatic carbocycles. The molecule has 0 heterocycles. The van der Waals surface area contributed by atoms with Crippen LogP contribution >= 0.6 is 0 Å². The van der Waals surface area contributed by atoms with Crippen molar-refractivity contribution in [2.45, 2.75) is 32.6 Å². The van der Waals surface area contributed by atoms with Gasteiger partial charge in [0, 0.05) is 12.2 Å². The summed E-state index contributed by atoms with van der Waals surface area (Å²) in [4.78, 5) is 11.7. The maximum absolute atomic E-state index is 11.7. The summed E-state index contributed by atoms with van der Waals surface area (Å²) in [6, 6.07) is 7.47. The van der Waals surface area contributed by atoms with Gasteiger partial charge in [0.15, 0.2) is 0 Å². The van der Waals surface area contributed by atoms with Crippen LogP contribution in [0.15, 0.2) is 24.3 Å². The molecule has 0 unspecified atom stereocenters. The molecule has 17 heavy (non-hydrogen) atoms. The lowest BCUT2D eigenvalue weighted by Gasteiger charge is -2.13. The van der Waals surface area contributed by atoms with Gasteiger partial charge in [0.2, 0.25) is 5.91 Å². The summed E-state index contributed by atoms with van der Waals surface area (Å²) in [6.07, 6.45) is 4.12. The summed E-state index contributed by atoms with van der Waals surface area (Å²) in [5.41, 5.74) is 7.76.